The van der Waals surface area contributed by atoms with Crippen LogP contribution in [0.15, 0.2) is 76.3 Å². The van der Waals surface area contributed by atoms with Crippen molar-refractivity contribution in [2.45, 2.75) is 19.5 Å². The van der Waals surface area contributed by atoms with Gasteiger partial charge >= 0.3 is 0 Å². The van der Waals surface area contributed by atoms with E-state index in [-0.39, 0.29) is 24.0 Å². The number of hydrogen-bond acceptors (Lipinski definition) is 5. The molecule has 0 saturated carbocycles. The molecule has 4 rings (SSSR count). The smallest absolute Gasteiger partial charge is 0.226 e. The molecule has 0 bridgehead atoms. The molecule has 2 aromatic carbocycles. The van der Waals surface area contributed by atoms with Gasteiger partial charge in [-0.2, -0.15) is 0 Å². The molecule has 0 unspecified atom stereocenters. The summed E-state index contributed by atoms with van der Waals surface area (Å²) in [4.78, 5) is 14.0. The molecular formula is C26H35IN6O. The van der Waals surface area contributed by atoms with Crippen molar-refractivity contribution in [3.8, 4) is 11.5 Å². The van der Waals surface area contributed by atoms with Crippen LogP contribution in [0.2, 0.25) is 0 Å². The summed E-state index contributed by atoms with van der Waals surface area (Å²) >= 11 is 0. The Hall–Kier alpha value is -2.43. The Labute approximate surface area is 219 Å². The molecule has 8 heteroatoms. The Bertz CT molecular complexity index is 987. The van der Waals surface area contributed by atoms with Crippen LogP contribution in [-0.2, 0) is 13.1 Å². The van der Waals surface area contributed by atoms with Crippen LogP contribution in [0.1, 0.15) is 17.7 Å². The first-order chi connectivity index (χ1) is 16.3. The fourth-order valence-corrected chi connectivity index (χ4v) is 4.02. The van der Waals surface area contributed by atoms with Crippen LogP contribution in [0.25, 0.3) is 11.5 Å². The zero-order chi connectivity index (χ0) is 22.7. The summed E-state index contributed by atoms with van der Waals surface area (Å²) in [5.41, 5.74) is 3.23. The summed E-state index contributed by atoms with van der Waals surface area (Å²) in [6.45, 7) is 8.15. The molecule has 0 spiro atoms. The van der Waals surface area contributed by atoms with Gasteiger partial charge in [0, 0.05) is 51.9 Å². The van der Waals surface area contributed by atoms with E-state index in [2.05, 4.69) is 60.7 Å². The Kier molecular flexibility index (Phi) is 10.8. The van der Waals surface area contributed by atoms with Gasteiger partial charge in [0.15, 0.2) is 5.96 Å². The molecule has 182 valence electrons. The summed E-state index contributed by atoms with van der Waals surface area (Å²) in [5, 5.41) is 6.72. The lowest BCUT2D eigenvalue weighted by Gasteiger charge is -2.34. The molecule has 1 fully saturated rings. The monoisotopic (exact) mass is 574 g/mol. The normalized spacial score (nSPS) is 15.0. The minimum absolute atomic E-state index is 0. The second kappa shape index (κ2) is 14.1. The van der Waals surface area contributed by atoms with E-state index in [1.807, 2.05) is 30.3 Å². The van der Waals surface area contributed by atoms with Crippen molar-refractivity contribution in [3.63, 3.8) is 0 Å². The molecule has 2 heterocycles. The molecule has 0 radical (unpaired) electrons. The van der Waals surface area contributed by atoms with Crippen LogP contribution in [0.3, 0.4) is 0 Å². The first kappa shape index (κ1) is 26.2. The first-order valence-corrected chi connectivity index (χ1v) is 11.7. The molecule has 1 aliphatic heterocycles. The van der Waals surface area contributed by atoms with Crippen molar-refractivity contribution in [1.29, 1.82) is 0 Å². The zero-order valence-electron chi connectivity index (χ0n) is 19.8. The lowest BCUT2D eigenvalue weighted by molar-refractivity contribution is 0.126. The molecule has 34 heavy (non-hydrogen) atoms. The van der Waals surface area contributed by atoms with Crippen molar-refractivity contribution >= 4 is 29.9 Å². The van der Waals surface area contributed by atoms with Crippen molar-refractivity contribution in [1.82, 2.24) is 25.4 Å². The number of nitrogens with one attached hydrogen (secondary N) is 2. The number of nitrogens with zero attached hydrogens (tertiary/aromatic N) is 4. The van der Waals surface area contributed by atoms with Gasteiger partial charge in [-0.15, -0.1) is 24.0 Å². The van der Waals surface area contributed by atoms with Gasteiger partial charge in [0.1, 0.15) is 6.26 Å². The van der Waals surface area contributed by atoms with E-state index in [0.717, 1.165) is 69.5 Å². The molecule has 1 saturated heterocycles. The third-order valence-electron chi connectivity index (χ3n) is 5.89. The highest BCUT2D eigenvalue weighted by Crippen LogP contribution is 2.17. The molecule has 0 amide bonds. The Morgan fingerprint density at radius 3 is 2.32 bits per heavy atom. The summed E-state index contributed by atoms with van der Waals surface area (Å²) < 4.78 is 5.60. The number of oxazole rings is 1. The predicted molar refractivity (Wildman–Crippen MR) is 148 cm³/mol. The average molecular weight is 575 g/mol. The maximum absolute atomic E-state index is 5.60. The number of guanidine groups is 1. The highest BCUT2D eigenvalue weighted by atomic mass is 127. The van der Waals surface area contributed by atoms with E-state index in [9.17, 15) is 0 Å². The van der Waals surface area contributed by atoms with Gasteiger partial charge in [-0.25, -0.2) is 4.98 Å². The molecule has 0 atom stereocenters. The molecule has 0 aliphatic carbocycles. The SMILES string of the molecule is CN=C(NCCCN1CCN(Cc2ccccc2)CC1)NCc1coc(-c2ccccc2)n1.I. The second-order valence-electron chi connectivity index (χ2n) is 8.32. The van der Waals surface area contributed by atoms with E-state index >= 15 is 0 Å². The molecular weight excluding hydrogens is 539 g/mol. The maximum Gasteiger partial charge on any atom is 0.226 e. The molecule has 2 N–H and O–H groups in total. The molecule has 7 nitrogen and oxygen atoms in total. The van der Waals surface area contributed by atoms with Crippen LogP contribution in [0.5, 0.6) is 0 Å². The molecule has 1 aromatic heterocycles. The zero-order valence-corrected chi connectivity index (χ0v) is 22.2. The second-order valence-corrected chi connectivity index (χ2v) is 8.32. The quantitative estimate of drug-likeness (QED) is 0.175. The fraction of sp³-hybridized carbons (Fsp3) is 0.385. The minimum Gasteiger partial charge on any atom is -0.444 e. The van der Waals surface area contributed by atoms with Crippen LogP contribution in [0.4, 0.5) is 0 Å². The number of hydrogen-bond donors (Lipinski definition) is 2. The molecule has 1 aliphatic rings. The largest absolute Gasteiger partial charge is 0.444 e. The Morgan fingerprint density at radius 1 is 0.941 bits per heavy atom. The van der Waals surface area contributed by atoms with Crippen LogP contribution < -0.4 is 10.6 Å². The van der Waals surface area contributed by atoms with E-state index in [4.69, 9.17) is 4.42 Å². The van der Waals surface area contributed by atoms with E-state index in [1.165, 1.54) is 5.56 Å². The van der Waals surface area contributed by atoms with Crippen molar-refractivity contribution < 1.29 is 4.42 Å². The van der Waals surface area contributed by atoms with Crippen molar-refractivity contribution in [2.75, 3.05) is 46.3 Å². The first-order valence-electron chi connectivity index (χ1n) is 11.7. The summed E-state index contributed by atoms with van der Waals surface area (Å²) in [6, 6.07) is 20.7. The lowest BCUT2D eigenvalue weighted by Crippen LogP contribution is -2.46. The van der Waals surface area contributed by atoms with Gasteiger partial charge in [-0.05, 0) is 30.7 Å². The van der Waals surface area contributed by atoms with Gasteiger partial charge in [0.2, 0.25) is 5.89 Å². The lowest BCUT2D eigenvalue weighted by atomic mass is 10.2. The highest BCUT2D eigenvalue weighted by molar-refractivity contribution is 14.0. The van der Waals surface area contributed by atoms with Crippen molar-refractivity contribution in [2.24, 2.45) is 4.99 Å². The van der Waals surface area contributed by atoms with Gasteiger partial charge in [-0.3, -0.25) is 9.89 Å². The number of piperazine rings is 1. The van der Waals surface area contributed by atoms with Gasteiger partial charge in [0.25, 0.3) is 0 Å². The number of aromatic nitrogens is 1. The van der Waals surface area contributed by atoms with E-state index in [0.29, 0.717) is 12.4 Å². The summed E-state index contributed by atoms with van der Waals surface area (Å²) in [7, 11) is 1.79. The standard InChI is InChI=1S/C26H34N6O.HI/c1-27-26(29-19-24-21-33-25(30-24)23-11-6-3-7-12-23)28-13-8-14-31-15-17-32(18-16-31)20-22-9-4-2-5-10-22;/h2-7,9-12,21H,8,13-20H2,1H3,(H2,27,28,29);1H. The van der Waals surface area contributed by atoms with Gasteiger partial charge in [-0.1, -0.05) is 48.5 Å². The Morgan fingerprint density at radius 2 is 1.62 bits per heavy atom. The third-order valence-corrected chi connectivity index (χ3v) is 5.89. The highest BCUT2D eigenvalue weighted by Gasteiger charge is 2.16. The average Bonchev–Trinajstić information content (AvgIpc) is 3.35. The maximum atomic E-state index is 5.60. The Balaban J connectivity index is 0.00000324. The number of halogens is 1. The van der Waals surface area contributed by atoms with E-state index in [1.54, 1.807) is 13.3 Å². The summed E-state index contributed by atoms with van der Waals surface area (Å²) in [5.74, 6) is 1.42. The van der Waals surface area contributed by atoms with Crippen molar-refractivity contribution in [3.05, 3.63) is 78.2 Å². The summed E-state index contributed by atoms with van der Waals surface area (Å²) in [6.07, 6.45) is 2.78. The number of rotatable bonds is 9. The third kappa shape index (κ3) is 8.11. The van der Waals surface area contributed by atoms with E-state index < -0.39 is 0 Å². The minimum atomic E-state index is 0. The van der Waals surface area contributed by atoms with Crippen LogP contribution >= 0.6 is 24.0 Å². The van der Waals surface area contributed by atoms with Crippen LogP contribution in [0, 0.1) is 0 Å². The van der Waals surface area contributed by atoms with Crippen LogP contribution in [-0.4, -0.2) is 67.1 Å². The molecule has 3 aromatic rings. The number of aliphatic imine (C=N–C) groups is 1. The fourth-order valence-electron chi connectivity index (χ4n) is 4.02. The topological polar surface area (TPSA) is 68.9 Å². The van der Waals surface area contributed by atoms with Gasteiger partial charge in [0.05, 0.1) is 12.2 Å². The number of benzene rings is 2. The van der Waals surface area contributed by atoms with Gasteiger partial charge < -0.3 is 20.0 Å². The predicted octanol–water partition coefficient (Wildman–Crippen LogP) is 3.83.